The number of amides is 1. The minimum Gasteiger partial charge on any atom is -0.465 e. The molecule has 0 aliphatic carbocycles. The number of alkyl halides is 2. The zero-order valence-corrected chi connectivity index (χ0v) is 8.41. The molecule has 0 aliphatic rings. The first-order valence-electron chi connectivity index (χ1n) is 3.22. The van der Waals surface area contributed by atoms with Crippen LogP contribution < -0.4 is 0 Å². The number of carbonyl (C=O) groups is 1. The highest BCUT2D eigenvalue weighted by Gasteiger charge is 2.12. The molecule has 0 saturated heterocycles. The van der Waals surface area contributed by atoms with Gasteiger partial charge in [0.2, 0.25) is 0 Å². The van der Waals surface area contributed by atoms with Gasteiger partial charge in [-0.1, -0.05) is 22.6 Å². The summed E-state index contributed by atoms with van der Waals surface area (Å²) in [5.41, 5.74) is 0. The molecule has 1 N–H and O–H groups in total. The fourth-order valence-electron chi connectivity index (χ4n) is 0.585. The van der Waals surface area contributed by atoms with Gasteiger partial charge in [-0.25, -0.2) is 9.18 Å². The third kappa shape index (κ3) is 5.23. The maximum absolute atomic E-state index is 12.7. The topological polar surface area (TPSA) is 40.5 Å². The van der Waals surface area contributed by atoms with E-state index in [2.05, 4.69) is 22.6 Å². The maximum Gasteiger partial charge on any atom is 0.407 e. The van der Waals surface area contributed by atoms with Crippen molar-refractivity contribution < 1.29 is 14.3 Å². The largest absolute Gasteiger partial charge is 0.465 e. The fourth-order valence-corrected chi connectivity index (χ4v) is 1.26. The Hall–Kier alpha value is -0.0700. The molecule has 0 fully saturated rings. The van der Waals surface area contributed by atoms with Crippen molar-refractivity contribution in [2.75, 3.05) is 18.0 Å². The summed E-state index contributed by atoms with van der Waals surface area (Å²) in [6, 6.07) is 0. The molecular formula is C6H11FINO2. The molecular weight excluding hydrogens is 264 g/mol. The standard InChI is InChI=1S/C6H11FINO2/c1-9(6(10)11)4-5(7)2-3-8/h5H,2-4H2,1H3,(H,10,11). The summed E-state index contributed by atoms with van der Waals surface area (Å²) < 4.78 is 13.4. The number of halogens is 2. The summed E-state index contributed by atoms with van der Waals surface area (Å²) in [6.45, 7) is -0.0294. The second kappa shape index (κ2) is 5.56. The Balaban J connectivity index is 3.56. The number of hydrogen-bond donors (Lipinski definition) is 1. The monoisotopic (exact) mass is 275 g/mol. The van der Waals surface area contributed by atoms with Gasteiger partial charge in [-0.15, -0.1) is 0 Å². The van der Waals surface area contributed by atoms with E-state index in [-0.39, 0.29) is 6.54 Å². The molecule has 1 amide bonds. The number of hydrogen-bond acceptors (Lipinski definition) is 1. The fraction of sp³-hybridized carbons (Fsp3) is 0.833. The van der Waals surface area contributed by atoms with Crippen molar-refractivity contribution in [3.8, 4) is 0 Å². The van der Waals surface area contributed by atoms with Crippen LogP contribution in [-0.2, 0) is 0 Å². The van der Waals surface area contributed by atoms with Crippen molar-refractivity contribution in [3.63, 3.8) is 0 Å². The summed E-state index contributed by atoms with van der Waals surface area (Å²) in [7, 11) is 1.36. The van der Waals surface area contributed by atoms with Gasteiger partial charge in [-0.3, -0.25) is 0 Å². The zero-order chi connectivity index (χ0) is 8.85. The first-order valence-corrected chi connectivity index (χ1v) is 4.74. The molecule has 0 heterocycles. The normalized spacial score (nSPS) is 12.6. The van der Waals surface area contributed by atoms with Crippen LogP contribution in [0.4, 0.5) is 9.18 Å². The van der Waals surface area contributed by atoms with E-state index >= 15 is 0 Å². The molecule has 5 heteroatoms. The predicted molar refractivity (Wildman–Crippen MR) is 49.1 cm³/mol. The van der Waals surface area contributed by atoms with Crippen molar-refractivity contribution in [1.82, 2.24) is 4.90 Å². The molecule has 0 saturated carbocycles. The molecule has 0 aromatic heterocycles. The van der Waals surface area contributed by atoms with E-state index in [0.29, 0.717) is 10.8 Å². The van der Waals surface area contributed by atoms with E-state index in [1.165, 1.54) is 7.05 Å². The summed E-state index contributed by atoms with van der Waals surface area (Å²) in [6.07, 6.45) is -1.70. The second-order valence-electron chi connectivity index (χ2n) is 2.24. The summed E-state index contributed by atoms with van der Waals surface area (Å²) in [4.78, 5) is 11.2. The lowest BCUT2D eigenvalue weighted by molar-refractivity contribution is 0.141. The van der Waals surface area contributed by atoms with Gasteiger partial charge in [0.05, 0.1) is 6.54 Å². The molecule has 3 nitrogen and oxygen atoms in total. The molecule has 11 heavy (non-hydrogen) atoms. The molecule has 0 aromatic rings. The van der Waals surface area contributed by atoms with Crippen LogP contribution in [0, 0.1) is 0 Å². The Labute approximate surface area is 78.7 Å². The molecule has 0 aromatic carbocycles. The molecule has 0 bridgehead atoms. The highest BCUT2D eigenvalue weighted by molar-refractivity contribution is 14.1. The smallest absolute Gasteiger partial charge is 0.407 e. The predicted octanol–water partition coefficient (Wildman–Crippen LogP) is 1.76. The SMILES string of the molecule is CN(CC(F)CCI)C(=O)O. The van der Waals surface area contributed by atoms with E-state index in [4.69, 9.17) is 5.11 Å². The summed E-state index contributed by atoms with van der Waals surface area (Å²) in [5, 5.41) is 8.36. The Morgan fingerprint density at radius 3 is 2.73 bits per heavy atom. The van der Waals surface area contributed by atoms with Gasteiger partial charge in [0, 0.05) is 11.5 Å². The van der Waals surface area contributed by atoms with Gasteiger partial charge in [-0.05, 0) is 6.42 Å². The molecule has 0 spiro atoms. The van der Waals surface area contributed by atoms with Gasteiger partial charge >= 0.3 is 6.09 Å². The minimum absolute atomic E-state index is 0.0294. The van der Waals surface area contributed by atoms with E-state index in [1.54, 1.807) is 0 Å². The van der Waals surface area contributed by atoms with Crippen LogP contribution in [0.15, 0.2) is 0 Å². The number of carboxylic acid groups (broad SMARTS) is 1. The van der Waals surface area contributed by atoms with Crippen LogP contribution in [0.1, 0.15) is 6.42 Å². The summed E-state index contributed by atoms with van der Waals surface area (Å²) in [5.74, 6) is 0. The third-order valence-corrected chi connectivity index (χ3v) is 1.84. The van der Waals surface area contributed by atoms with Crippen LogP contribution in [0.2, 0.25) is 0 Å². The molecule has 0 radical (unpaired) electrons. The minimum atomic E-state index is -1.08. The lowest BCUT2D eigenvalue weighted by atomic mass is 10.3. The lowest BCUT2D eigenvalue weighted by Gasteiger charge is -2.14. The van der Waals surface area contributed by atoms with E-state index in [0.717, 1.165) is 4.90 Å². The first-order chi connectivity index (χ1) is 5.07. The van der Waals surface area contributed by atoms with Crippen LogP contribution in [0.3, 0.4) is 0 Å². The van der Waals surface area contributed by atoms with Gasteiger partial charge < -0.3 is 10.0 Å². The maximum atomic E-state index is 12.7. The van der Waals surface area contributed by atoms with Crippen molar-refractivity contribution in [1.29, 1.82) is 0 Å². The van der Waals surface area contributed by atoms with Crippen LogP contribution in [0.5, 0.6) is 0 Å². The Morgan fingerprint density at radius 2 is 2.36 bits per heavy atom. The first kappa shape index (κ1) is 10.9. The van der Waals surface area contributed by atoms with Crippen molar-refractivity contribution in [2.45, 2.75) is 12.6 Å². The van der Waals surface area contributed by atoms with Crippen molar-refractivity contribution >= 4 is 28.7 Å². The Kier molecular flexibility index (Phi) is 5.53. The molecule has 0 aliphatic heterocycles. The van der Waals surface area contributed by atoms with Crippen LogP contribution in [-0.4, -0.2) is 40.3 Å². The van der Waals surface area contributed by atoms with Crippen LogP contribution in [0.25, 0.3) is 0 Å². The van der Waals surface area contributed by atoms with Crippen LogP contribution >= 0.6 is 22.6 Å². The molecule has 1 atom stereocenters. The lowest BCUT2D eigenvalue weighted by Crippen LogP contribution is -2.31. The zero-order valence-electron chi connectivity index (χ0n) is 6.26. The van der Waals surface area contributed by atoms with Gasteiger partial charge in [0.1, 0.15) is 6.17 Å². The molecule has 0 rings (SSSR count). The highest BCUT2D eigenvalue weighted by Crippen LogP contribution is 2.02. The Bertz CT molecular complexity index is 134. The summed E-state index contributed by atoms with van der Waals surface area (Å²) >= 11 is 2.06. The number of rotatable bonds is 4. The van der Waals surface area contributed by atoms with Gasteiger partial charge in [0.25, 0.3) is 0 Å². The average molecular weight is 275 g/mol. The Morgan fingerprint density at radius 1 is 1.82 bits per heavy atom. The van der Waals surface area contributed by atoms with Crippen molar-refractivity contribution in [2.24, 2.45) is 0 Å². The average Bonchev–Trinajstić information content (AvgIpc) is 1.87. The van der Waals surface area contributed by atoms with Gasteiger partial charge in [0.15, 0.2) is 0 Å². The molecule has 66 valence electrons. The van der Waals surface area contributed by atoms with E-state index in [1.807, 2.05) is 0 Å². The number of nitrogens with zero attached hydrogens (tertiary/aromatic N) is 1. The highest BCUT2D eigenvalue weighted by atomic mass is 127. The quantitative estimate of drug-likeness (QED) is 0.627. The van der Waals surface area contributed by atoms with E-state index in [9.17, 15) is 9.18 Å². The van der Waals surface area contributed by atoms with Crippen molar-refractivity contribution in [3.05, 3.63) is 0 Å². The second-order valence-corrected chi connectivity index (χ2v) is 3.32. The van der Waals surface area contributed by atoms with E-state index < -0.39 is 12.3 Å². The third-order valence-electron chi connectivity index (χ3n) is 1.22. The van der Waals surface area contributed by atoms with Gasteiger partial charge in [-0.2, -0.15) is 0 Å². The molecule has 1 unspecified atom stereocenters.